The van der Waals surface area contributed by atoms with Gasteiger partial charge in [0.1, 0.15) is 0 Å². The molecule has 1 amide bonds. The second kappa shape index (κ2) is 4.94. The Labute approximate surface area is 103 Å². The van der Waals surface area contributed by atoms with E-state index in [0.717, 1.165) is 25.8 Å². The Morgan fingerprint density at radius 2 is 2.29 bits per heavy atom. The average molecular weight is 240 g/mol. The number of ether oxygens (including phenoxy) is 1. The first-order valence-electron chi connectivity index (χ1n) is 6.63. The van der Waals surface area contributed by atoms with Gasteiger partial charge in [-0.15, -0.1) is 0 Å². The van der Waals surface area contributed by atoms with Gasteiger partial charge in [-0.05, 0) is 32.1 Å². The van der Waals surface area contributed by atoms with E-state index in [-0.39, 0.29) is 17.6 Å². The van der Waals surface area contributed by atoms with E-state index < -0.39 is 0 Å². The lowest BCUT2D eigenvalue weighted by Gasteiger charge is -2.40. The van der Waals surface area contributed by atoms with Crippen molar-refractivity contribution < 1.29 is 9.53 Å². The Kier molecular flexibility index (Phi) is 3.73. The number of methoxy groups -OCH3 is 1. The maximum atomic E-state index is 12.2. The Hall–Kier alpha value is -0.610. The van der Waals surface area contributed by atoms with Crippen LogP contribution in [-0.2, 0) is 9.53 Å². The van der Waals surface area contributed by atoms with E-state index >= 15 is 0 Å². The molecule has 4 heteroatoms. The monoisotopic (exact) mass is 240 g/mol. The molecule has 0 bridgehead atoms. The number of hydrogen-bond acceptors (Lipinski definition) is 3. The molecule has 0 spiro atoms. The molecule has 2 aliphatic rings. The molecule has 0 aromatic rings. The molecule has 1 heterocycles. The first kappa shape index (κ1) is 12.8. The Balaban J connectivity index is 1.89. The predicted molar refractivity (Wildman–Crippen MR) is 66.5 cm³/mol. The molecule has 0 radical (unpaired) electrons. The summed E-state index contributed by atoms with van der Waals surface area (Å²) in [6.45, 7) is 3.58. The second-order valence-corrected chi connectivity index (χ2v) is 5.80. The molecule has 2 N–H and O–H groups in total. The first-order valence-corrected chi connectivity index (χ1v) is 6.63. The van der Waals surface area contributed by atoms with E-state index in [1.54, 1.807) is 7.11 Å². The van der Waals surface area contributed by atoms with Crippen molar-refractivity contribution in [2.75, 3.05) is 20.2 Å². The van der Waals surface area contributed by atoms with Crippen LogP contribution in [0, 0.1) is 5.92 Å². The van der Waals surface area contributed by atoms with Crippen LogP contribution in [0.3, 0.4) is 0 Å². The van der Waals surface area contributed by atoms with Gasteiger partial charge in [0.25, 0.3) is 0 Å². The van der Waals surface area contributed by atoms with Crippen LogP contribution in [0.2, 0.25) is 0 Å². The lowest BCUT2D eigenvalue weighted by molar-refractivity contribution is -0.140. The minimum atomic E-state index is -0.304. The summed E-state index contributed by atoms with van der Waals surface area (Å²) >= 11 is 0. The minimum Gasteiger partial charge on any atom is -0.377 e. The van der Waals surface area contributed by atoms with E-state index in [1.807, 2.05) is 4.90 Å². The van der Waals surface area contributed by atoms with Crippen LogP contribution < -0.4 is 5.73 Å². The topological polar surface area (TPSA) is 55.6 Å². The highest BCUT2D eigenvalue weighted by Gasteiger charge is 2.36. The lowest BCUT2D eigenvalue weighted by Crippen LogP contribution is -2.53. The lowest BCUT2D eigenvalue weighted by atomic mass is 9.94. The highest BCUT2D eigenvalue weighted by Crippen LogP contribution is 2.33. The third-order valence-electron chi connectivity index (χ3n) is 4.06. The van der Waals surface area contributed by atoms with Crippen molar-refractivity contribution in [1.29, 1.82) is 0 Å². The van der Waals surface area contributed by atoms with E-state index in [4.69, 9.17) is 10.5 Å². The summed E-state index contributed by atoms with van der Waals surface area (Å²) in [6.07, 6.45) is 5.38. The van der Waals surface area contributed by atoms with Gasteiger partial charge in [0, 0.05) is 20.2 Å². The largest absolute Gasteiger partial charge is 0.377 e. The van der Waals surface area contributed by atoms with Gasteiger partial charge in [0.05, 0.1) is 11.6 Å². The summed E-state index contributed by atoms with van der Waals surface area (Å²) in [5, 5.41) is 0. The Morgan fingerprint density at radius 1 is 1.59 bits per heavy atom. The van der Waals surface area contributed by atoms with Crippen molar-refractivity contribution in [1.82, 2.24) is 4.90 Å². The fourth-order valence-corrected chi connectivity index (χ4v) is 2.61. The zero-order valence-corrected chi connectivity index (χ0v) is 10.9. The van der Waals surface area contributed by atoms with Crippen LogP contribution >= 0.6 is 0 Å². The molecule has 2 unspecified atom stereocenters. The van der Waals surface area contributed by atoms with Crippen molar-refractivity contribution in [3.05, 3.63) is 0 Å². The molecular weight excluding hydrogens is 216 g/mol. The van der Waals surface area contributed by atoms with E-state index in [9.17, 15) is 4.79 Å². The van der Waals surface area contributed by atoms with E-state index in [0.29, 0.717) is 12.5 Å². The summed E-state index contributed by atoms with van der Waals surface area (Å²) in [7, 11) is 1.72. The highest BCUT2D eigenvalue weighted by molar-refractivity contribution is 5.81. The number of piperidine rings is 1. The third-order valence-corrected chi connectivity index (χ3v) is 4.06. The number of likely N-dealkylation sites (tertiary alicyclic amines) is 1. The molecule has 1 aliphatic carbocycles. The minimum absolute atomic E-state index is 0.111. The molecule has 4 nitrogen and oxygen atoms in total. The predicted octanol–water partition coefficient (Wildman–Crippen LogP) is 1.14. The van der Waals surface area contributed by atoms with Gasteiger partial charge in [-0.1, -0.05) is 12.8 Å². The average Bonchev–Trinajstić information content (AvgIpc) is 3.12. The molecule has 2 rings (SSSR count). The SMILES string of the molecule is COC1(C)CCCN(C(=O)C(N)CC2CC2)C1. The number of nitrogens with two attached hydrogens (primary N) is 1. The van der Waals surface area contributed by atoms with E-state index in [1.165, 1.54) is 12.8 Å². The van der Waals surface area contributed by atoms with Gasteiger partial charge in [-0.3, -0.25) is 4.79 Å². The molecule has 1 aliphatic heterocycles. The molecular formula is C13H24N2O2. The van der Waals surface area contributed by atoms with Crippen LogP contribution in [0.25, 0.3) is 0 Å². The molecule has 2 atom stereocenters. The quantitative estimate of drug-likeness (QED) is 0.801. The summed E-state index contributed by atoms with van der Waals surface area (Å²) < 4.78 is 5.50. The summed E-state index contributed by atoms with van der Waals surface area (Å²) in [4.78, 5) is 14.1. The highest BCUT2D eigenvalue weighted by atomic mass is 16.5. The van der Waals surface area contributed by atoms with Gasteiger partial charge >= 0.3 is 0 Å². The fourth-order valence-electron chi connectivity index (χ4n) is 2.61. The van der Waals surface area contributed by atoms with Crippen LogP contribution in [0.4, 0.5) is 0 Å². The number of rotatable bonds is 4. The molecule has 2 fully saturated rings. The zero-order valence-electron chi connectivity index (χ0n) is 10.9. The molecule has 1 saturated carbocycles. The van der Waals surface area contributed by atoms with Crippen LogP contribution in [0.15, 0.2) is 0 Å². The first-order chi connectivity index (χ1) is 8.04. The molecule has 0 aromatic heterocycles. The molecule has 98 valence electrons. The van der Waals surface area contributed by atoms with Crippen LogP contribution in [0.1, 0.15) is 39.0 Å². The normalized spacial score (nSPS) is 31.4. The maximum Gasteiger partial charge on any atom is 0.239 e. The molecule has 17 heavy (non-hydrogen) atoms. The number of nitrogens with zero attached hydrogens (tertiary/aromatic N) is 1. The van der Waals surface area contributed by atoms with Crippen LogP contribution in [-0.4, -0.2) is 42.6 Å². The summed E-state index contributed by atoms with van der Waals surface area (Å²) in [5.41, 5.74) is 5.80. The molecule has 0 aromatic carbocycles. The Bertz CT molecular complexity index is 291. The number of carbonyl (C=O) groups is 1. The maximum absolute atomic E-state index is 12.2. The second-order valence-electron chi connectivity index (χ2n) is 5.80. The van der Waals surface area contributed by atoms with Gasteiger partial charge in [-0.2, -0.15) is 0 Å². The zero-order chi connectivity index (χ0) is 12.5. The van der Waals surface area contributed by atoms with Crippen molar-refractivity contribution in [2.45, 2.75) is 50.7 Å². The van der Waals surface area contributed by atoms with Crippen LogP contribution in [0.5, 0.6) is 0 Å². The van der Waals surface area contributed by atoms with Gasteiger partial charge in [0.15, 0.2) is 0 Å². The van der Waals surface area contributed by atoms with Crippen molar-refractivity contribution in [3.8, 4) is 0 Å². The number of carbonyl (C=O) groups excluding carboxylic acids is 1. The van der Waals surface area contributed by atoms with Gasteiger partial charge < -0.3 is 15.4 Å². The van der Waals surface area contributed by atoms with Crippen molar-refractivity contribution in [3.63, 3.8) is 0 Å². The number of amides is 1. The summed E-state index contributed by atoms with van der Waals surface area (Å²) in [5.74, 6) is 0.812. The van der Waals surface area contributed by atoms with Crippen molar-refractivity contribution >= 4 is 5.91 Å². The number of hydrogen-bond donors (Lipinski definition) is 1. The standard InChI is InChI=1S/C13H24N2O2/c1-13(17-2)6-3-7-15(9-13)12(16)11(14)8-10-4-5-10/h10-11H,3-9,14H2,1-2H3. The fraction of sp³-hybridized carbons (Fsp3) is 0.923. The smallest absolute Gasteiger partial charge is 0.239 e. The van der Waals surface area contributed by atoms with Crippen molar-refractivity contribution in [2.24, 2.45) is 11.7 Å². The summed E-state index contributed by atoms with van der Waals surface area (Å²) in [6, 6.07) is -0.304. The van der Waals surface area contributed by atoms with Gasteiger partial charge in [-0.25, -0.2) is 0 Å². The van der Waals surface area contributed by atoms with E-state index in [2.05, 4.69) is 6.92 Å². The third kappa shape index (κ3) is 3.19. The molecule has 1 saturated heterocycles. The Morgan fingerprint density at radius 3 is 2.88 bits per heavy atom. The van der Waals surface area contributed by atoms with Gasteiger partial charge in [0.2, 0.25) is 5.91 Å².